The van der Waals surface area contributed by atoms with E-state index in [4.69, 9.17) is 4.74 Å². The third-order valence-electron chi connectivity index (χ3n) is 3.98. The van der Waals surface area contributed by atoms with E-state index in [0.717, 1.165) is 6.42 Å². The van der Waals surface area contributed by atoms with Crippen molar-refractivity contribution in [3.8, 4) is 5.75 Å². The summed E-state index contributed by atoms with van der Waals surface area (Å²) in [4.78, 5) is 12.5. The molecule has 0 aliphatic carbocycles. The molecule has 2 aromatic carbocycles. The fourth-order valence-corrected chi connectivity index (χ4v) is 3.50. The van der Waals surface area contributed by atoms with Crippen LogP contribution < -0.4 is 28.9 Å². The Bertz CT molecular complexity index is 822. The molecule has 0 spiro atoms. The van der Waals surface area contributed by atoms with Gasteiger partial charge in [0.15, 0.2) is 5.52 Å². The van der Waals surface area contributed by atoms with Gasteiger partial charge in [-0.2, -0.15) is 26.3 Å². The Morgan fingerprint density at radius 2 is 1.47 bits per heavy atom. The van der Waals surface area contributed by atoms with Gasteiger partial charge in [-0.05, 0) is 50.5 Å². The average Bonchev–Trinajstić information content (AvgIpc) is 2.60. The summed E-state index contributed by atoms with van der Waals surface area (Å²) in [6.45, 7) is 4.55. The van der Waals surface area contributed by atoms with E-state index in [1.165, 1.54) is 24.3 Å². The molecule has 160 valence electrons. The molecule has 2 nitrogen and oxygen atoms in total. The van der Waals surface area contributed by atoms with Crippen molar-refractivity contribution >= 4 is 19.4 Å². The minimum absolute atomic E-state index is 0. The van der Waals surface area contributed by atoms with E-state index in [9.17, 15) is 31.1 Å². The molecule has 2 aromatic rings. The van der Waals surface area contributed by atoms with Crippen molar-refractivity contribution in [3.63, 3.8) is 0 Å². The van der Waals surface area contributed by atoms with Crippen molar-refractivity contribution in [2.24, 2.45) is 5.92 Å². The van der Waals surface area contributed by atoms with Gasteiger partial charge in [-0.15, -0.1) is 0 Å². The Hall–Kier alpha value is -1.48. The minimum atomic E-state index is -5.08. The van der Waals surface area contributed by atoms with E-state index < -0.39 is 43.1 Å². The summed E-state index contributed by atoms with van der Waals surface area (Å²) in [5.74, 6) is 0.961. The number of halogens is 6. The summed E-state index contributed by atoms with van der Waals surface area (Å²) in [6, 6.07) is 7.62. The molecule has 0 aromatic heterocycles. The third-order valence-corrected chi connectivity index (χ3v) is 5.08. The van der Waals surface area contributed by atoms with Gasteiger partial charge in [0.25, 0.3) is 0 Å². The molecular weight excluding hydrogens is 424 g/mol. The summed E-state index contributed by atoms with van der Waals surface area (Å²) in [6.07, 6.45) is -9.33. The number of alkyl halides is 6. The monoisotopic (exact) mass is 444 g/mol. The summed E-state index contributed by atoms with van der Waals surface area (Å²) in [5, 5.41) is 0.316. The third kappa shape index (κ3) is 7.34. The smallest absolute Gasteiger partial charge is 1.00 e. The van der Waals surface area contributed by atoms with Crippen LogP contribution in [0.25, 0.3) is 0 Å². The predicted octanol–water partition coefficient (Wildman–Crippen LogP) is 3.41. The number of carbonyl (C=O) groups excluding carboxylic acids is 1. The van der Waals surface area contributed by atoms with Crippen LogP contribution in [0.15, 0.2) is 42.5 Å². The van der Waals surface area contributed by atoms with Gasteiger partial charge >= 0.3 is 31.2 Å². The van der Waals surface area contributed by atoms with Gasteiger partial charge < -0.3 is 6.16 Å². The van der Waals surface area contributed by atoms with E-state index in [1.54, 1.807) is 0 Å². The van der Waals surface area contributed by atoms with Crippen LogP contribution in [0.4, 0.5) is 26.3 Å². The SMILES string of the molecule is CC(C)CCOc1ccc(PC(=O)c2c(C(F)(F)F)cccc2C(F)(F)F)cc1.[H-].[Li+]. The number of ether oxygens (including phenoxy) is 1. The van der Waals surface area contributed by atoms with Gasteiger partial charge in [0.2, 0.25) is 0 Å². The van der Waals surface area contributed by atoms with Crippen molar-refractivity contribution < 1.29 is 56.2 Å². The van der Waals surface area contributed by atoms with Crippen molar-refractivity contribution in [1.82, 2.24) is 0 Å². The normalized spacial score (nSPS) is 12.3. The van der Waals surface area contributed by atoms with Gasteiger partial charge in [0.05, 0.1) is 17.7 Å². The zero-order valence-electron chi connectivity index (χ0n) is 17.6. The van der Waals surface area contributed by atoms with Crippen LogP contribution in [0.5, 0.6) is 5.75 Å². The second-order valence-corrected chi connectivity index (χ2v) is 8.01. The fourth-order valence-electron chi connectivity index (χ4n) is 2.51. The predicted molar refractivity (Wildman–Crippen MR) is 101 cm³/mol. The number of carbonyl (C=O) groups is 1. The first-order valence-corrected chi connectivity index (χ1v) is 9.71. The number of hydrogen-bond donors (Lipinski definition) is 0. The van der Waals surface area contributed by atoms with Crippen LogP contribution in [0.1, 0.15) is 43.2 Å². The molecule has 0 N–H and O–H groups in total. The Kier molecular flexibility index (Phi) is 9.47. The first-order chi connectivity index (χ1) is 13.4. The van der Waals surface area contributed by atoms with Crippen LogP contribution in [0.2, 0.25) is 0 Å². The zero-order valence-corrected chi connectivity index (χ0v) is 17.6. The maximum absolute atomic E-state index is 13.2. The molecule has 2 rings (SSSR count). The maximum Gasteiger partial charge on any atom is 1.00 e. The molecule has 10 heteroatoms. The van der Waals surface area contributed by atoms with Gasteiger partial charge in [-0.1, -0.05) is 32.0 Å². The van der Waals surface area contributed by atoms with Gasteiger partial charge in [-0.3, -0.25) is 4.79 Å². The van der Waals surface area contributed by atoms with Crippen molar-refractivity contribution in [2.45, 2.75) is 32.6 Å². The van der Waals surface area contributed by atoms with Gasteiger partial charge in [0, 0.05) is 5.56 Å². The first kappa shape index (κ1) is 26.6. The Morgan fingerprint density at radius 3 is 1.90 bits per heavy atom. The summed E-state index contributed by atoms with van der Waals surface area (Å²) < 4.78 is 84.8. The molecule has 0 radical (unpaired) electrons. The quantitative estimate of drug-likeness (QED) is 0.372. The van der Waals surface area contributed by atoms with Crippen molar-refractivity contribution in [3.05, 3.63) is 59.2 Å². The van der Waals surface area contributed by atoms with Crippen LogP contribution in [-0.2, 0) is 12.4 Å². The van der Waals surface area contributed by atoms with E-state index >= 15 is 0 Å². The van der Waals surface area contributed by atoms with Crippen LogP contribution >= 0.6 is 8.58 Å². The van der Waals surface area contributed by atoms with E-state index in [2.05, 4.69) is 0 Å². The first-order valence-electron chi connectivity index (χ1n) is 8.71. The Labute approximate surface area is 185 Å². The maximum atomic E-state index is 13.2. The van der Waals surface area contributed by atoms with Crippen LogP contribution in [0.3, 0.4) is 0 Å². The number of hydrogen-bond acceptors (Lipinski definition) is 2. The van der Waals surface area contributed by atoms with Gasteiger partial charge in [-0.25, -0.2) is 0 Å². The zero-order chi connectivity index (χ0) is 21.8. The summed E-state index contributed by atoms with van der Waals surface area (Å²) in [7, 11) is -0.893. The molecule has 0 aliphatic rings. The van der Waals surface area contributed by atoms with Crippen LogP contribution in [0, 0.1) is 5.92 Å². The molecular formula is C20H20F6LiO2P. The fraction of sp³-hybridized carbons (Fsp3) is 0.350. The van der Waals surface area contributed by atoms with Crippen LogP contribution in [-0.4, -0.2) is 12.1 Å². The molecule has 30 heavy (non-hydrogen) atoms. The van der Waals surface area contributed by atoms with E-state index in [0.29, 0.717) is 41.8 Å². The number of benzene rings is 2. The molecule has 0 amide bonds. The molecule has 0 heterocycles. The standard InChI is InChI=1S/C20H19F6O2P.Li.H/c1-12(2)10-11-28-13-6-8-14(9-7-13)29-18(27)17-15(19(21,22)23)4-3-5-16(17)20(24,25)26;;/h3-9,12,29H,10-11H2,1-2H3;;/q;+1;-1. The molecule has 1 unspecified atom stereocenters. The summed E-state index contributed by atoms with van der Waals surface area (Å²) in [5.41, 5.74) is -5.74. The molecule has 0 fully saturated rings. The Balaban J connectivity index is 0.00000450. The molecule has 0 saturated carbocycles. The minimum Gasteiger partial charge on any atom is -1.00 e. The van der Waals surface area contributed by atoms with E-state index in [-0.39, 0.29) is 20.3 Å². The molecule has 0 aliphatic heterocycles. The average molecular weight is 444 g/mol. The van der Waals surface area contributed by atoms with Crippen molar-refractivity contribution in [1.29, 1.82) is 0 Å². The second-order valence-electron chi connectivity index (χ2n) is 6.73. The molecule has 0 bridgehead atoms. The van der Waals surface area contributed by atoms with Gasteiger partial charge in [0.1, 0.15) is 5.75 Å². The van der Waals surface area contributed by atoms with E-state index in [1.807, 2.05) is 13.8 Å². The summed E-state index contributed by atoms with van der Waals surface area (Å²) >= 11 is 0. The molecule has 1 atom stereocenters. The molecule has 0 saturated heterocycles. The topological polar surface area (TPSA) is 26.3 Å². The second kappa shape index (κ2) is 10.7. The van der Waals surface area contributed by atoms with Crippen molar-refractivity contribution in [2.75, 3.05) is 6.61 Å². The Morgan fingerprint density at radius 1 is 0.967 bits per heavy atom. The number of rotatable bonds is 7. The largest absolute Gasteiger partial charge is 1.00 e.